The monoisotopic (exact) mass is 670 g/mol. The molecule has 0 aliphatic carbocycles. The van der Waals surface area contributed by atoms with Crippen LogP contribution in [0.1, 0.15) is 43.0 Å². The number of aromatic nitrogens is 1. The Morgan fingerprint density at radius 1 is 0.765 bits per heavy atom. The van der Waals surface area contributed by atoms with Crippen molar-refractivity contribution in [1.29, 1.82) is 0 Å². The molecule has 2 aliphatic rings. The molecule has 1 aromatic heterocycles. The van der Waals surface area contributed by atoms with Crippen LogP contribution in [0.4, 0.5) is 5.69 Å². The van der Waals surface area contributed by atoms with Gasteiger partial charge in [-0.25, -0.2) is 4.79 Å². The van der Waals surface area contributed by atoms with Crippen LogP contribution in [0.3, 0.4) is 0 Å². The van der Waals surface area contributed by atoms with Crippen LogP contribution in [0.5, 0.6) is 23.0 Å². The van der Waals surface area contributed by atoms with Crippen molar-refractivity contribution in [1.82, 2.24) is 4.98 Å². The number of phenolic OH excluding ortho intramolecular Hbond substituents is 1. The van der Waals surface area contributed by atoms with Crippen molar-refractivity contribution < 1.29 is 28.9 Å². The normalized spacial score (nSPS) is 15.4. The lowest BCUT2D eigenvalue weighted by Crippen LogP contribution is -2.33. The number of nitrogens with one attached hydrogen (secondary N) is 2. The second-order valence-electron chi connectivity index (χ2n) is 12.6. The van der Waals surface area contributed by atoms with E-state index in [0.29, 0.717) is 63.8 Å². The van der Waals surface area contributed by atoms with Gasteiger partial charge in [-0.2, -0.15) is 0 Å². The molecule has 6 aromatic carbocycles. The zero-order chi connectivity index (χ0) is 34.5. The second kappa shape index (κ2) is 12.0. The summed E-state index contributed by atoms with van der Waals surface area (Å²) in [4.78, 5) is 30.2. The quantitative estimate of drug-likeness (QED) is 0.146. The number of anilines is 1. The van der Waals surface area contributed by atoms with Crippen LogP contribution in [0.2, 0.25) is 0 Å². The van der Waals surface area contributed by atoms with Gasteiger partial charge < -0.3 is 29.6 Å². The third-order valence-corrected chi connectivity index (χ3v) is 9.59. The molecule has 51 heavy (non-hydrogen) atoms. The van der Waals surface area contributed by atoms with Gasteiger partial charge in [0, 0.05) is 63.6 Å². The molecule has 1 amide bonds. The molecule has 0 radical (unpaired) electrons. The van der Waals surface area contributed by atoms with Crippen molar-refractivity contribution in [2.75, 3.05) is 11.9 Å². The lowest BCUT2D eigenvalue weighted by Gasteiger charge is -2.36. The van der Waals surface area contributed by atoms with Crippen LogP contribution in [-0.2, 0) is 16.8 Å². The largest absolute Gasteiger partial charge is 0.508 e. The lowest BCUT2D eigenvalue weighted by atomic mass is 9.77. The van der Waals surface area contributed by atoms with E-state index in [-0.39, 0.29) is 11.7 Å². The molecule has 1 unspecified atom stereocenters. The molecule has 9 rings (SSSR count). The van der Waals surface area contributed by atoms with Crippen molar-refractivity contribution in [2.24, 2.45) is 0 Å². The van der Waals surface area contributed by atoms with Crippen molar-refractivity contribution in [2.45, 2.75) is 12.0 Å². The number of phenols is 1. The summed E-state index contributed by atoms with van der Waals surface area (Å²) in [6.07, 6.45) is 2.70. The summed E-state index contributed by atoms with van der Waals surface area (Å²) in [7, 11) is 0. The fourth-order valence-electron chi connectivity index (χ4n) is 7.13. The summed E-state index contributed by atoms with van der Waals surface area (Å²) in [5.74, 6) is 0.555. The zero-order valence-corrected chi connectivity index (χ0v) is 27.2. The third-order valence-electron chi connectivity index (χ3n) is 9.59. The maximum Gasteiger partial charge on any atom is 0.340 e. The number of carbonyl (C=O) groups is 2. The van der Waals surface area contributed by atoms with Gasteiger partial charge in [-0.05, 0) is 71.3 Å². The van der Waals surface area contributed by atoms with Gasteiger partial charge in [-0.1, -0.05) is 66.7 Å². The van der Waals surface area contributed by atoms with Gasteiger partial charge >= 0.3 is 5.97 Å². The van der Waals surface area contributed by atoms with E-state index in [1.54, 1.807) is 48.5 Å². The number of esters is 1. The van der Waals surface area contributed by atoms with E-state index < -0.39 is 11.6 Å². The first-order valence-electron chi connectivity index (χ1n) is 16.6. The molecule has 0 saturated carbocycles. The zero-order valence-electron chi connectivity index (χ0n) is 27.2. The van der Waals surface area contributed by atoms with Gasteiger partial charge in [-0.3, -0.25) is 4.79 Å². The number of H-pyrrole nitrogens is 1. The van der Waals surface area contributed by atoms with E-state index in [1.807, 2.05) is 79.0 Å². The summed E-state index contributed by atoms with van der Waals surface area (Å²) in [5, 5.41) is 14.5. The number of fused-ring (bicyclic) bond motifs is 7. The molecule has 1 atom stereocenters. The maximum atomic E-state index is 13.7. The average molecular weight is 671 g/mol. The molecule has 7 aromatic rings. The summed E-state index contributed by atoms with van der Waals surface area (Å²) in [6, 6.07) is 40.9. The van der Waals surface area contributed by atoms with Crippen LogP contribution >= 0.6 is 0 Å². The van der Waals surface area contributed by atoms with Crippen LogP contribution in [0, 0.1) is 0 Å². The predicted octanol–water partition coefficient (Wildman–Crippen LogP) is 8.98. The van der Waals surface area contributed by atoms with Crippen LogP contribution in [0.25, 0.3) is 22.0 Å². The number of rotatable bonds is 7. The summed E-state index contributed by atoms with van der Waals surface area (Å²) >= 11 is 0. The molecular formula is C43H30N2O6. The minimum atomic E-state index is -1.35. The minimum absolute atomic E-state index is 0.0119. The first kappa shape index (κ1) is 30.3. The standard InChI is InChI=1S/C43H30N2O6/c46-31-15-18-36-39(23-31)50-40-24-32(49-21-20-29-25-44-38-9-5-4-8-33(29)38)16-19-37(40)43(36)35-17-14-30(22-34(35)42(48)51-43)45-41(47)28-12-10-27(11-13-28)26-6-2-1-3-7-26/h1-19,22-25,44,46H,20-21H2,(H,45,47). The van der Waals surface area contributed by atoms with E-state index in [0.717, 1.165) is 27.6 Å². The smallest absolute Gasteiger partial charge is 0.340 e. The number of amides is 1. The van der Waals surface area contributed by atoms with E-state index in [2.05, 4.69) is 16.4 Å². The van der Waals surface area contributed by atoms with Crippen molar-refractivity contribution >= 4 is 28.5 Å². The van der Waals surface area contributed by atoms with Gasteiger partial charge in [-0.15, -0.1) is 0 Å². The molecular weight excluding hydrogens is 640 g/mol. The number of aromatic hydroxyl groups is 1. The molecule has 3 heterocycles. The molecule has 0 saturated heterocycles. The molecule has 8 heteroatoms. The second-order valence-corrected chi connectivity index (χ2v) is 12.6. The van der Waals surface area contributed by atoms with Gasteiger partial charge in [0.1, 0.15) is 23.0 Å². The Bertz CT molecular complexity index is 2490. The Balaban J connectivity index is 1.01. The topological polar surface area (TPSA) is 110 Å². The number of ether oxygens (including phenoxy) is 3. The number of para-hydroxylation sites is 1. The van der Waals surface area contributed by atoms with E-state index in [4.69, 9.17) is 14.2 Å². The van der Waals surface area contributed by atoms with E-state index in [9.17, 15) is 14.7 Å². The number of carbonyl (C=O) groups excluding carboxylic acids is 2. The number of benzene rings is 6. The number of hydrogen-bond donors (Lipinski definition) is 3. The molecule has 1 spiro atoms. The van der Waals surface area contributed by atoms with Crippen molar-refractivity contribution in [3.63, 3.8) is 0 Å². The Hall–Kier alpha value is -6.80. The maximum absolute atomic E-state index is 13.7. The Kier molecular flexibility index (Phi) is 7.10. The van der Waals surface area contributed by atoms with Gasteiger partial charge in [0.25, 0.3) is 5.91 Å². The lowest BCUT2D eigenvalue weighted by molar-refractivity contribution is 0.0224. The van der Waals surface area contributed by atoms with Crippen molar-refractivity contribution in [3.05, 3.63) is 173 Å². The van der Waals surface area contributed by atoms with Crippen molar-refractivity contribution in [3.8, 4) is 34.1 Å². The first-order valence-corrected chi connectivity index (χ1v) is 16.6. The third kappa shape index (κ3) is 5.16. The summed E-state index contributed by atoms with van der Waals surface area (Å²) in [6.45, 7) is 0.437. The van der Waals surface area contributed by atoms with Crippen LogP contribution in [-0.4, -0.2) is 28.6 Å². The van der Waals surface area contributed by atoms with Crippen LogP contribution in [0.15, 0.2) is 140 Å². The van der Waals surface area contributed by atoms with Crippen LogP contribution < -0.4 is 14.8 Å². The molecule has 2 aliphatic heterocycles. The average Bonchev–Trinajstić information content (AvgIpc) is 3.70. The molecule has 3 N–H and O–H groups in total. The molecule has 0 bridgehead atoms. The fourth-order valence-corrected chi connectivity index (χ4v) is 7.13. The highest BCUT2D eigenvalue weighted by Crippen LogP contribution is 2.57. The molecule has 248 valence electrons. The predicted molar refractivity (Wildman–Crippen MR) is 194 cm³/mol. The molecule has 8 nitrogen and oxygen atoms in total. The van der Waals surface area contributed by atoms with E-state index >= 15 is 0 Å². The van der Waals surface area contributed by atoms with Gasteiger partial charge in [0.2, 0.25) is 0 Å². The first-order chi connectivity index (χ1) is 25.0. The highest BCUT2D eigenvalue weighted by Gasteiger charge is 2.53. The summed E-state index contributed by atoms with van der Waals surface area (Å²) < 4.78 is 18.8. The van der Waals surface area contributed by atoms with E-state index in [1.165, 1.54) is 6.07 Å². The Morgan fingerprint density at radius 2 is 1.49 bits per heavy atom. The number of hydrogen-bond acceptors (Lipinski definition) is 6. The Morgan fingerprint density at radius 3 is 2.33 bits per heavy atom. The Labute approximate surface area is 292 Å². The molecule has 0 fully saturated rings. The minimum Gasteiger partial charge on any atom is -0.508 e. The number of aromatic amines is 1. The highest BCUT2D eigenvalue weighted by molar-refractivity contribution is 6.06. The SMILES string of the molecule is O=C(Nc1ccc2c(c1)C(=O)OC21c2ccc(O)cc2Oc2cc(OCCc3c[nH]c4ccccc34)ccc21)c1ccc(-c2ccccc2)cc1. The van der Waals surface area contributed by atoms with Gasteiger partial charge in [0.15, 0.2) is 5.60 Å². The fraction of sp³-hybridized carbons (Fsp3) is 0.0698. The van der Waals surface area contributed by atoms with Gasteiger partial charge in [0.05, 0.1) is 12.2 Å². The summed E-state index contributed by atoms with van der Waals surface area (Å²) in [5.41, 5.74) is 6.01. The highest BCUT2D eigenvalue weighted by atomic mass is 16.6.